The number of hydrogen-bond donors (Lipinski definition) is 1. The number of anilines is 1. The van der Waals surface area contributed by atoms with E-state index >= 15 is 0 Å². The molecule has 3 aromatic carbocycles. The average molecular weight is 385 g/mol. The molecule has 0 bridgehead atoms. The lowest BCUT2D eigenvalue weighted by Crippen LogP contribution is -2.11. The molecule has 1 heterocycles. The van der Waals surface area contributed by atoms with Crippen LogP contribution in [0.15, 0.2) is 78.9 Å². The minimum Gasteiger partial charge on any atom is -0.497 e. The van der Waals surface area contributed by atoms with Gasteiger partial charge in [-0.2, -0.15) is 0 Å². The summed E-state index contributed by atoms with van der Waals surface area (Å²) in [5.41, 5.74) is 3.04. The number of methoxy groups -OCH3 is 2. The predicted octanol–water partition coefficient (Wildman–Crippen LogP) is 4.99. The van der Waals surface area contributed by atoms with Crippen LogP contribution in [0.25, 0.3) is 10.9 Å². The second-order valence-corrected chi connectivity index (χ2v) is 6.68. The van der Waals surface area contributed by atoms with Gasteiger partial charge in [0.15, 0.2) is 5.82 Å². The Hall–Kier alpha value is -3.44. The van der Waals surface area contributed by atoms with Crippen LogP contribution >= 0.6 is 0 Å². The molecule has 4 aromatic rings. The number of nitrogens with one attached hydrogen (secondary N) is 1. The van der Waals surface area contributed by atoms with Gasteiger partial charge in [-0.25, -0.2) is 9.97 Å². The Morgan fingerprint density at radius 2 is 1.55 bits per heavy atom. The molecule has 5 heteroatoms. The molecule has 5 nitrogen and oxygen atoms in total. The van der Waals surface area contributed by atoms with E-state index in [0.29, 0.717) is 12.4 Å². The maximum Gasteiger partial charge on any atom is 0.164 e. The minimum absolute atomic E-state index is 0.331. The molecule has 1 atom stereocenters. The molecule has 29 heavy (non-hydrogen) atoms. The van der Waals surface area contributed by atoms with Crippen LogP contribution in [0.1, 0.15) is 23.1 Å². The highest BCUT2D eigenvalue weighted by Crippen LogP contribution is 2.28. The lowest BCUT2D eigenvalue weighted by molar-refractivity contribution is 0.129. The first-order chi connectivity index (χ1) is 14.3. The zero-order valence-corrected chi connectivity index (χ0v) is 16.5. The maximum absolute atomic E-state index is 5.75. The summed E-state index contributed by atoms with van der Waals surface area (Å²) in [6.07, 6.45) is -0.331. The summed E-state index contributed by atoms with van der Waals surface area (Å²) in [6.45, 7) is 0.646. The Morgan fingerprint density at radius 1 is 0.828 bits per heavy atom. The van der Waals surface area contributed by atoms with E-state index in [4.69, 9.17) is 19.4 Å². The van der Waals surface area contributed by atoms with Crippen molar-refractivity contribution in [2.24, 2.45) is 0 Å². The molecule has 1 aromatic heterocycles. The standard InChI is InChI=1S/C24H23N3O2/c1-28-19-14-12-17(13-15-19)16-25-23-20-10-6-7-11-21(20)26-24(27-23)22(29-2)18-8-4-3-5-9-18/h3-15,22H,16H2,1-2H3,(H,25,26,27). The van der Waals surface area contributed by atoms with Gasteiger partial charge in [-0.05, 0) is 35.4 Å². The Labute approximate surface area is 170 Å². The van der Waals surface area contributed by atoms with E-state index in [9.17, 15) is 0 Å². The van der Waals surface area contributed by atoms with Crippen molar-refractivity contribution in [2.75, 3.05) is 19.5 Å². The summed E-state index contributed by atoms with van der Waals surface area (Å²) in [6, 6.07) is 26.0. The van der Waals surface area contributed by atoms with Gasteiger partial charge in [-0.1, -0.05) is 54.6 Å². The Bertz CT molecular complexity index is 1080. The normalized spacial score (nSPS) is 11.9. The van der Waals surface area contributed by atoms with Gasteiger partial charge in [0, 0.05) is 19.0 Å². The molecule has 0 radical (unpaired) electrons. The van der Waals surface area contributed by atoms with Crippen LogP contribution in [0, 0.1) is 0 Å². The van der Waals surface area contributed by atoms with Crippen LogP contribution in [0.4, 0.5) is 5.82 Å². The van der Waals surface area contributed by atoms with Crippen molar-refractivity contribution in [2.45, 2.75) is 12.6 Å². The van der Waals surface area contributed by atoms with Crippen LogP contribution in [-0.4, -0.2) is 24.2 Å². The number of nitrogens with zero attached hydrogens (tertiary/aromatic N) is 2. The smallest absolute Gasteiger partial charge is 0.164 e. The first-order valence-corrected chi connectivity index (χ1v) is 9.49. The fourth-order valence-electron chi connectivity index (χ4n) is 3.29. The van der Waals surface area contributed by atoms with Crippen LogP contribution in [0.2, 0.25) is 0 Å². The van der Waals surface area contributed by atoms with Gasteiger partial charge in [0.25, 0.3) is 0 Å². The SMILES string of the molecule is COc1ccc(CNc2nc(C(OC)c3ccccc3)nc3ccccc23)cc1. The van der Waals surface area contributed by atoms with Crippen molar-refractivity contribution in [1.29, 1.82) is 0 Å². The van der Waals surface area contributed by atoms with E-state index in [2.05, 4.69) is 5.32 Å². The van der Waals surface area contributed by atoms with Gasteiger partial charge in [0.2, 0.25) is 0 Å². The molecule has 0 saturated heterocycles. The molecule has 0 fully saturated rings. The maximum atomic E-state index is 5.75. The molecule has 0 saturated carbocycles. The Balaban J connectivity index is 1.68. The molecular formula is C24H23N3O2. The van der Waals surface area contributed by atoms with E-state index in [1.54, 1.807) is 14.2 Å². The van der Waals surface area contributed by atoms with Crippen molar-refractivity contribution in [3.8, 4) is 5.75 Å². The lowest BCUT2D eigenvalue weighted by Gasteiger charge is -2.17. The molecule has 0 aliphatic rings. The highest BCUT2D eigenvalue weighted by molar-refractivity contribution is 5.89. The number of aromatic nitrogens is 2. The molecular weight excluding hydrogens is 362 g/mol. The van der Waals surface area contributed by atoms with E-state index in [0.717, 1.165) is 33.6 Å². The lowest BCUT2D eigenvalue weighted by atomic mass is 10.1. The van der Waals surface area contributed by atoms with Crippen LogP contribution < -0.4 is 10.1 Å². The Morgan fingerprint density at radius 3 is 2.28 bits per heavy atom. The summed E-state index contributed by atoms with van der Waals surface area (Å²) < 4.78 is 11.0. The third-order valence-corrected chi connectivity index (χ3v) is 4.81. The van der Waals surface area contributed by atoms with Crippen molar-refractivity contribution >= 4 is 16.7 Å². The number of fused-ring (bicyclic) bond motifs is 1. The summed E-state index contributed by atoms with van der Waals surface area (Å²) in [5.74, 6) is 2.27. The van der Waals surface area contributed by atoms with E-state index in [1.165, 1.54) is 0 Å². The van der Waals surface area contributed by atoms with Gasteiger partial charge >= 0.3 is 0 Å². The van der Waals surface area contributed by atoms with Crippen LogP contribution in [0.5, 0.6) is 5.75 Å². The van der Waals surface area contributed by atoms with Gasteiger partial charge in [0.05, 0.1) is 12.6 Å². The molecule has 1 N–H and O–H groups in total. The molecule has 0 amide bonds. The zero-order valence-electron chi connectivity index (χ0n) is 16.5. The summed E-state index contributed by atoms with van der Waals surface area (Å²) >= 11 is 0. The first kappa shape index (κ1) is 18.9. The van der Waals surface area contributed by atoms with Crippen LogP contribution in [0.3, 0.4) is 0 Å². The third-order valence-electron chi connectivity index (χ3n) is 4.81. The van der Waals surface area contributed by atoms with Crippen molar-refractivity contribution in [3.05, 3.63) is 95.8 Å². The van der Waals surface area contributed by atoms with Gasteiger partial charge in [-0.15, -0.1) is 0 Å². The fourth-order valence-corrected chi connectivity index (χ4v) is 3.29. The van der Waals surface area contributed by atoms with E-state index in [-0.39, 0.29) is 6.10 Å². The monoisotopic (exact) mass is 385 g/mol. The van der Waals surface area contributed by atoms with Crippen molar-refractivity contribution in [1.82, 2.24) is 9.97 Å². The molecule has 4 rings (SSSR count). The first-order valence-electron chi connectivity index (χ1n) is 9.49. The van der Waals surface area contributed by atoms with E-state index < -0.39 is 0 Å². The quantitative estimate of drug-likeness (QED) is 0.486. The number of ether oxygens (including phenoxy) is 2. The minimum atomic E-state index is -0.331. The second-order valence-electron chi connectivity index (χ2n) is 6.68. The molecule has 146 valence electrons. The van der Waals surface area contributed by atoms with Crippen molar-refractivity contribution in [3.63, 3.8) is 0 Å². The number of hydrogen-bond acceptors (Lipinski definition) is 5. The predicted molar refractivity (Wildman–Crippen MR) is 115 cm³/mol. The second kappa shape index (κ2) is 8.71. The number of rotatable bonds is 7. The molecule has 0 spiro atoms. The largest absolute Gasteiger partial charge is 0.497 e. The third kappa shape index (κ3) is 4.20. The van der Waals surface area contributed by atoms with Gasteiger partial charge in [-0.3, -0.25) is 0 Å². The summed E-state index contributed by atoms with van der Waals surface area (Å²) in [5, 5.41) is 4.44. The van der Waals surface area contributed by atoms with E-state index in [1.807, 2.05) is 78.9 Å². The van der Waals surface area contributed by atoms with Gasteiger partial charge in [0.1, 0.15) is 17.7 Å². The Kier molecular flexibility index (Phi) is 5.68. The van der Waals surface area contributed by atoms with Crippen LogP contribution in [-0.2, 0) is 11.3 Å². The summed E-state index contributed by atoms with van der Waals surface area (Å²) in [4.78, 5) is 9.59. The molecule has 1 unspecified atom stereocenters. The fraction of sp³-hybridized carbons (Fsp3) is 0.167. The highest BCUT2D eigenvalue weighted by atomic mass is 16.5. The summed E-state index contributed by atoms with van der Waals surface area (Å²) in [7, 11) is 3.35. The number of para-hydroxylation sites is 1. The number of benzene rings is 3. The van der Waals surface area contributed by atoms with Crippen molar-refractivity contribution < 1.29 is 9.47 Å². The molecule has 0 aliphatic carbocycles. The topological polar surface area (TPSA) is 56.3 Å². The average Bonchev–Trinajstić information content (AvgIpc) is 2.79. The van der Waals surface area contributed by atoms with Gasteiger partial charge < -0.3 is 14.8 Å². The zero-order chi connectivity index (χ0) is 20.1. The molecule has 0 aliphatic heterocycles. The highest BCUT2D eigenvalue weighted by Gasteiger charge is 2.18.